The van der Waals surface area contributed by atoms with Gasteiger partial charge in [-0.15, -0.1) is 0 Å². The second kappa shape index (κ2) is 9.24. The van der Waals surface area contributed by atoms with E-state index in [1.165, 1.54) is 19.1 Å². The Morgan fingerprint density at radius 3 is 2.07 bits per heavy atom. The van der Waals surface area contributed by atoms with Crippen molar-refractivity contribution in [2.75, 3.05) is 0 Å². The summed E-state index contributed by atoms with van der Waals surface area (Å²) in [5.41, 5.74) is 5.83. The number of carbonyl (C=O) groups excluding carboxylic acids is 2. The topological polar surface area (TPSA) is 97.5 Å². The van der Waals surface area contributed by atoms with E-state index in [0.29, 0.717) is 12.8 Å². The van der Waals surface area contributed by atoms with E-state index >= 15 is 0 Å². The van der Waals surface area contributed by atoms with Gasteiger partial charge in [-0.2, -0.15) is 4.31 Å². The molecule has 6 nitrogen and oxygen atoms in total. The van der Waals surface area contributed by atoms with Gasteiger partial charge in [0.1, 0.15) is 5.82 Å². The van der Waals surface area contributed by atoms with Crippen LogP contribution in [0.15, 0.2) is 29.2 Å². The van der Waals surface area contributed by atoms with Crippen molar-refractivity contribution in [2.24, 2.45) is 11.7 Å². The van der Waals surface area contributed by atoms with Crippen LogP contribution < -0.4 is 5.73 Å². The highest BCUT2D eigenvalue weighted by atomic mass is 32.2. The minimum atomic E-state index is -4.09. The van der Waals surface area contributed by atoms with Crippen LogP contribution in [0.25, 0.3) is 0 Å². The summed E-state index contributed by atoms with van der Waals surface area (Å²) >= 11 is 0. The smallest absolute Gasteiger partial charge is 0.243 e. The molecule has 0 aliphatic heterocycles. The molecule has 0 saturated heterocycles. The molecule has 2 rings (SSSR count). The van der Waals surface area contributed by atoms with Crippen molar-refractivity contribution >= 4 is 21.6 Å². The first kappa shape index (κ1) is 22.6. The maximum atomic E-state index is 13.3. The molecule has 1 aliphatic rings. The van der Waals surface area contributed by atoms with Crippen molar-refractivity contribution in [1.29, 1.82) is 0 Å². The van der Waals surface area contributed by atoms with Crippen LogP contribution in [0, 0.1) is 11.7 Å². The van der Waals surface area contributed by atoms with Crippen molar-refractivity contribution in [3.8, 4) is 0 Å². The lowest BCUT2D eigenvalue weighted by atomic mass is 9.92. The summed E-state index contributed by atoms with van der Waals surface area (Å²) in [6.45, 7) is 4.90. The zero-order valence-electron chi connectivity index (χ0n) is 16.6. The molecule has 2 N–H and O–H groups in total. The number of rotatable bonds is 8. The molecular weight excluding hydrogens is 383 g/mol. The molecule has 1 fully saturated rings. The number of nitrogens with zero attached hydrogens (tertiary/aromatic N) is 1. The predicted molar refractivity (Wildman–Crippen MR) is 105 cm³/mol. The molecule has 0 heterocycles. The molecule has 1 aliphatic carbocycles. The molecule has 0 amide bonds. The third-order valence-electron chi connectivity index (χ3n) is 5.35. The minimum Gasteiger partial charge on any atom is -0.321 e. The molecule has 156 valence electrons. The fourth-order valence-electron chi connectivity index (χ4n) is 3.57. The van der Waals surface area contributed by atoms with E-state index in [9.17, 15) is 22.4 Å². The molecule has 2 atom stereocenters. The number of hydrogen-bond acceptors (Lipinski definition) is 5. The average molecular weight is 413 g/mol. The molecule has 1 saturated carbocycles. The number of ketones is 2. The fraction of sp³-hybridized carbons (Fsp3) is 0.600. The maximum Gasteiger partial charge on any atom is 0.243 e. The maximum absolute atomic E-state index is 13.3. The molecule has 8 heteroatoms. The SMILES string of the molecule is CC(C)[C@H](N)C(=O)C(=O)[C@H](C)N(C1CCCCC1)S(=O)(=O)c1ccc(F)cc1. The fourth-order valence-corrected chi connectivity index (χ4v) is 5.41. The minimum absolute atomic E-state index is 0.0975. The van der Waals surface area contributed by atoms with Gasteiger partial charge < -0.3 is 5.73 Å². The summed E-state index contributed by atoms with van der Waals surface area (Å²) in [5.74, 6) is -2.36. The monoisotopic (exact) mass is 412 g/mol. The average Bonchev–Trinajstić information content (AvgIpc) is 2.67. The van der Waals surface area contributed by atoms with Gasteiger partial charge in [0, 0.05) is 6.04 Å². The van der Waals surface area contributed by atoms with Gasteiger partial charge in [0.15, 0.2) is 0 Å². The number of sulfonamides is 1. The summed E-state index contributed by atoms with van der Waals surface area (Å²) < 4.78 is 41.1. The van der Waals surface area contributed by atoms with Gasteiger partial charge >= 0.3 is 0 Å². The molecule has 0 aromatic heterocycles. The molecule has 28 heavy (non-hydrogen) atoms. The highest BCUT2D eigenvalue weighted by Crippen LogP contribution is 2.30. The Hall–Kier alpha value is -1.64. The normalized spacial score (nSPS) is 18.2. The van der Waals surface area contributed by atoms with E-state index < -0.39 is 39.5 Å². The number of carbonyl (C=O) groups is 2. The Labute approximate surface area is 166 Å². The van der Waals surface area contributed by atoms with Gasteiger partial charge in [-0.3, -0.25) is 9.59 Å². The highest BCUT2D eigenvalue weighted by Gasteiger charge is 2.41. The lowest BCUT2D eigenvalue weighted by Gasteiger charge is -2.36. The van der Waals surface area contributed by atoms with Crippen molar-refractivity contribution < 1.29 is 22.4 Å². The second-order valence-electron chi connectivity index (χ2n) is 7.75. The van der Waals surface area contributed by atoms with Crippen molar-refractivity contribution in [3.63, 3.8) is 0 Å². The van der Waals surface area contributed by atoms with Crippen LogP contribution in [-0.4, -0.2) is 42.4 Å². The predicted octanol–water partition coefficient (Wildman–Crippen LogP) is 2.66. The number of halogens is 1. The van der Waals surface area contributed by atoms with Gasteiger partial charge in [-0.25, -0.2) is 12.8 Å². The molecule has 0 unspecified atom stereocenters. The zero-order chi connectivity index (χ0) is 21.1. The Balaban J connectivity index is 2.42. The molecule has 0 radical (unpaired) electrons. The Kier molecular flexibility index (Phi) is 7.47. The van der Waals surface area contributed by atoms with Crippen LogP contribution in [0.4, 0.5) is 4.39 Å². The van der Waals surface area contributed by atoms with Crippen molar-refractivity contribution in [2.45, 2.75) is 75.9 Å². The van der Waals surface area contributed by atoms with Crippen molar-refractivity contribution in [1.82, 2.24) is 4.31 Å². The third-order valence-corrected chi connectivity index (χ3v) is 7.39. The molecule has 1 aromatic carbocycles. The van der Waals surface area contributed by atoms with Crippen LogP contribution in [0.2, 0.25) is 0 Å². The number of hydrogen-bond donors (Lipinski definition) is 1. The van der Waals surface area contributed by atoms with Crippen LogP contribution in [-0.2, 0) is 19.6 Å². The third kappa shape index (κ3) is 4.85. The van der Waals surface area contributed by atoms with Gasteiger partial charge in [0.2, 0.25) is 21.6 Å². The largest absolute Gasteiger partial charge is 0.321 e. The van der Waals surface area contributed by atoms with Crippen LogP contribution in [0.1, 0.15) is 52.9 Å². The lowest BCUT2D eigenvalue weighted by molar-refractivity contribution is -0.140. The van der Waals surface area contributed by atoms with Crippen LogP contribution >= 0.6 is 0 Å². The first-order chi connectivity index (χ1) is 13.1. The van der Waals surface area contributed by atoms with E-state index in [-0.39, 0.29) is 16.9 Å². The van der Waals surface area contributed by atoms with Crippen LogP contribution in [0.5, 0.6) is 0 Å². The van der Waals surface area contributed by atoms with Crippen molar-refractivity contribution in [3.05, 3.63) is 30.1 Å². The number of nitrogens with two attached hydrogens (primary N) is 1. The first-order valence-electron chi connectivity index (χ1n) is 9.70. The summed E-state index contributed by atoms with van der Waals surface area (Å²) in [6.07, 6.45) is 3.92. The second-order valence-corrected chi connectivity index (χ2v) is 9.60. The van der Waals surface area contributed by atoms with Crippen LogP contribution in [0.3, 0.4) is 0 Å². The quantitative estimate of drug-likeness (QED) is 0.662. The summed E-state index contributed by atoms with van der Waals surface area (Å²) in [4.78, 5) is 25.2. The van der Waals surface area contributed by atoms with Gasteiger partial charge in [-0.1, -0.05) is 33.1 Å². The van der Waals surface area contributed by atoms with E-state index in [0.717, 1.165) is 35.7 Å². The van der Waals surface area contributed by atoms with E-state index in [2.05, 4.69) is 0 Å². The van der Waals surface area contributed by atoms with Gasteiger partial charge in [0.05, 0.1) is 17.0 Å². The Bertz CT molecular complexity index is 802. The highest BCUT2D eigenvalue weighted by molar-refractivity contribution is 7.89. The van der Waals surface area contributed by atoms with E-state index in [1.807, 2.05) is 0 Å². The molecule has 1 aromatic rings. The van der Waals surface area contributed by atoms with E-state index in [1.54, 1.807) is 13.8 Å². The zero-order valence-corrected chi connectivity index (χ0v) is 17.4. The lowest BCUT2D eigenvalue weighted by Crippen LogP contribution is -2.54. The first-order valence-corrected chi connectivity index (χ1v) is 11.1. The summed E-state index contributed by atoms with van der Waals surface area (Å²) in [7, 11) is -4.09. The summed E-state index contributed by atoms with van der Waals surface area (Å²) in [6, 6.07) is 1.97. The van der Waals surface area contributed by atoms with Gasteiger partial charge in [-0.05, 0) is 49.9 Å². The number of benzene rings is 1. The Morgan fingerprint density at radius 2 is 1.57 bits per heavy atom. The summed E-state index contributed by atoms with van der Waals surface area (Å²) in [5, 5.41) is 0. The standard InChI is InChI=1S/C20H29FN2O4S/c1-13(2)18(22)20(25)19(24)14(3)23(16-7-5-4-6-8-16)28(26,27)17-11-9-15(21)10-12-17/h9-14,16,18H,4-8,22H2,1-3H3/t14-,18-/m0/s1. The molecule has 0 bridgehead atoms. The molecule has 0 spiro atoms. The Morgan fingerprint density at radius 1 is 1.04 bits per heavy atom. The van der Waals surface area contributed by atoms with Gasteiger partial charge in [0.25, 0.3) is 0 Å². The number of Topliss-reactive ketones (excluding diaryl/α,β-unsaturated/α-hetero) is 2. The molecular formula is C20H29FN2O4S. The van der Waals surface area contributed by atoms with E-state index in [4.69, 9.17) is 5.73 Å².